The molecule has 0 unspecified atom stereocenters. The zero-order valence-electron chi connectivity index (χ0n) is 16.6. The number of nitrogens with zero attached hydrogens (tertiary/aromatic N) is 3. The first-order chi connectivity index (χ1) is 12.9. The summed E-state index contributed by atoms with van der Waals surface area (Å²) >= 11 is 0. The van der Waals surface area contributed by atoms with Crippen molar-refractivity contribution in [1.82, 2.24) is 14.1 Å². The average molecular weight is 402 g/mol. The Kier molecular flexibility index (Phi) is 7.53. The van der Waals surface area contributed by atoms with Gasteiger partial charge >= 0.3 is 0 Å². The Bertz CT molecular complexity index is 580. The summed E-state index contributed by atoms with van der Waals surface area (Å²) in [7, 11) is -3.27. The van der Waals surface area contributed by atoms with Crippen molar-refractivity contribution in [3.8, 4) is 0 Å². The molecule has 1 amide bonds. The molecule has 8 heteroatoms. The van der Waals surface area contributed by atoms with Crippen LogP contribution in [0.5, 0.6) is 0 Å². The molecule has 2 heterocycles. The van der Waals surface area contributed by atoms with Crippen LogP contribution in [0.1, 0.15) is 44.9 Å². The Hall–Kier alpha value is -0.700. The standard InChI is InChI=1S/C19H35N3O4S/c1-27(24,25)22(10-9-20-11-13-26-14-12-20)18-15-21(16-18)19(23)8-7-17-5-3-2-4-6-17/h17-18H,2-16H2,1H3. The van der Waals surface area contributed by atoms with Crippen LogP contribution in [0.3, 0.4) is 0 Å². The second-order valence-corrected chi connectivity index (χ2v) is 10.3. The van der Waals surface area contributed by atoms with Crippen LogP contribution in [0.4, 0.5) is 0 Å². The predicted octanol–water partition coefficient (Wildman–Crippen LogP) is 1.15. The molecule has 2 aliphatic heterocycles. The van der Waals surface area contributed by atoms with Crippen LogP contribution < -0.4 is 0 Å². The second kappa shape index (κ2) is 9.67. The van der Waals surface area contributed by atoms with E-state index >= 15 is 0 Å². The van der Waals surface area contributed by atoms with Crippen molar-refractivity contribution >= 4 is 15.9 Å². The molecule has 0 aromatic heterocycles. The molecule has 3 fully saturated rings. The number of ether oxygens (including phenoxy) is 1. The van der Waals surface area contributed by atoms with Crippen molar-refractivity contribution in [1.29, 1.82) is 0 Å². The van der Waals surface area contributed by atoms with Crippen molar-refractivity contribution in [3.63, 3.8) is 0 Å². The first-order valence-corrected chi connectivity index (χ1v) is 12.3. The maximum Gasteiger partial charge on any atom is 0.222 e. The van der Waals surface area contributed by atoms with Gasteiger partial charge in [-0.2, -0.15) is 4.31 Å². The number of morpholine rings is 1. The number of rotatable bonds is 8. The highest BCUT2D eigenvalue weighted by Gasteiger charge is 2.38. The summed E-state index contributed by atoms with van der Waals surface area (Å²) in [4.78, 5) is 16.5. The molecule has 3 rings (SSSR count). The molecule has 0 bridgehead atoms. The van der Waals surface area contributed by atoms with E-state index in [0.29, 0.717) is 45.2 Å². The van der Waals surface area contributed by atoms with E-state index in [-0.39, 0.29) is 11.9 Å². The quantitative estimate of drug-likeness (QED) is 0.610. The molecule has 2 saturated heterocycles. The number of likely N-dealkylation sites (tertiary alicyclic amines) is 1. The first-order valence-electron chi connectivity index (χ1n) is 10.5. The van der Waals surface area contributed by atoms with Gasteiger partial charge in [0, 0.05) is 45.7 Å². The average Bonchev–Trinajstić information content (AvgIpc) is 2.62. The third-order valence-corrected chi connectivity index (χ3v) is 7.61. The van der Waals surface area contributed by atoms with Gasteiger partial charge in [0.05, 0.1) is 25.5 Å². The van der Waals surface area contributed by atoms with E-state index in [1.54, 1.807) is 4.31 Å². The molecular formula is C19H35N3O4S. The zero-order chi connectivity index (χ0) is 19.3. The molecule has 0 spiro atoms. The molecule has 0 aromatic rings. The lowest BCUT2D eigenvalue weighted by atomic mass is 9.86. The maximum absolute atomic E-state index is 12.4. The van der Waals surface area contributed by atoms with Gasteiger partial charge in [0.1, 0.15) is 0 Å². The maximum atomic E-state index is 12.4. The van der Waals surface area contributed by atoms with E-state index in [0.717, 1.165) is 26.1 Å². The summed E-state index contributed by atoms with van der Waals surface area (Å²) in [6.45, 7) is 5.44. The highest BCUT2D eigenvalue weighted by Crippen LogP contribution is 2.28. The van der Waals surface area contributed by atoms with Crippen molar-refractivity contribution in [2.24, 2.45) is 5.92 Å². The van der Waals surface area contributed by atoms with E-state index in [9.17, 15) is 13.2 Å². The van der Waals surface area contributed by atoms with Crippen LogP contribution >= 0.6 is 0 Å². The molecule has 0 radical (unpaired) electrons. The van der Waals surface area contributed by atoms with Crippen LogP contribution in [-0.2, 0) is 19.6 Å². The van der Waals surface area contributed by atoms with Gasteiger partial charge in [-0.05, 0) is 12.3 Å². The third kappa shape index (κ3) is 6.14. The summed E-state index contributed by atoms with van der Waals surface area (Å²) in [5.41, 5.74) is 0. The molecule has 156 valence electrons. The molecule has 3 aliphatic rings. The molecule has 27 heavy (non-hydrogen) atoms. The highest BCUT2D eigenvalue weighted by atomic mass is 32.2. The normalized spacial score (nSPS) is 23.6. The fourth-order valence-electron chi connectivity index (χ4n) is 4.49. The summed E-state index contributed by atoms with van der Waals surface area (Å²) in [5.74, 6) is 0.902. The van der Waals surface area contributed by atoms with Gasteiger partial charge < -0.3 is 9.64 Å². The number of sulfonamides is 1. The van der Waals surface area contributed by atoms with E-state index in [2.05, 4.69) is 4.90 Å². The van der Waals surface area contributed by atoms with Crippen LogP contribution in [0, 0.1) is 5.92 Å². The smallest absolute Gasteiger partial charge is 0.222 e. The van der Waals surface area contributed by atoms with Crippen molar-refractivity contribution in [2.75, 3.05) is 58.7 Å². The fraction of sp³-hybridized carbons (Fsp3) is 0.947. The Morgan fingerprint density at radius 3 is 2.41 bits per heavy atom. The Labute approximate surface area is 164 Å². The number of carbonyl (C=O) groups excluding carboxylic acids is 1. The summed E-state index contributed by atoms with van der Waals surface area (Å²) in [6, 6.07) is -0.0697. The van der Waals surface area contributed by atoms with Gasteiger partial charge in [0.25, 0.3) is 0 Å². The van der Waals surface area contributed by atoms with Crippen molar-refractivity contribution < 1.29 is 17.9 Å². The van der Waals surface area contributed by atoms with Crippen LogP contribution in [0.15, 0.2) is 0 Å². The Balaban J connectivity index is 1.42. The Morgan fingerprint density at radius 2 is 1.78 bits per heavy atom. The lowest BCUT2D eigenvalue weighted by Gasteiger charge is -2.45. The van der Waals surface area contributed by atoms with Crippen molar-refractivity contribution in [3.05, 3.63) is 0 Å². The third-order valence-electron chi connectivity index (χ3n) is 6.28. The van der Waals surface area contributed by atoms with Gasteiger partial charge in [-0.3, -0.25) is 9.69 Å². The van der Waals surface area contributed by atoms with E-state index < -0.39 is 10.0 Å². The molecule has 0 N–H and O–H groups in total. The zero-order valence-corrected chi connectivity index (χ0v) is 17.5. The minimum Gasteiger partial charge on any atom is -0.379 e. The lowest BCUT2D eigenvalue weighted by Crippen LogP contribution is -2.63. The minimum absolute atomic E-state index is 0.0697. The molecule has 1 saturated carbocycles. The van der Waals surface area contributed by atoms with E-state index in [1.807, 2.05) is 4.90 Å². The number of hydrogen-bond acceptors (Lipinski definition) is 5. The van der Waals surface area contributed by atoms with Crippen molar-refractivity contribution in [2.45, 2.75) is 51.0 Å². The summed E-state index contributed by atoms with van der Waals surface area (Å²) < 4.78 is 31.4. The monoisotopic (exact) mass is 401 g/mol. The number of hydrogen-bond donors (Lipinski definition) is 0. The van der Waals surface area contributed by atoms with Gasteiger partial charge in [0.15, 0.2) is 0 Å². The second-order valence-electron chi connectivity index (χ2n) is 8.32. The van der Waals surface area contributed by atoms with Crippen LogP contribution in [0.2, 0.25) is 0 Å². The minimum atomic E-state index is -3.27. The lowest BCUT2D eigenvalue weighted by molar-refractivity contribution is -0.137. The molecule has 1 aliphatic carbocycles. The Morgan fingerprint density at radius 1 is 1.11 bits per heavy atom. The topological polar surface area (TPSA) is 70.2 Å². The largest absolute Gasteiger partial charge is 0.379 e. The summed E-state index contributed by atoms with van der Waals surface area (Å²) in [6.07, 6.45) is 9.35. The molecule has 7 nitrogen and oxygen atoms in total. The van der Waals surface area contributed by atoms with Crippen LogP contribution in [0.25, 0.3) is 0 Å². The van der Waals surface area contributed by atoms with E-state index in [1.165, 1.54) is 38.4 Å². The molecule has 0 atom stereocenters. The summed E-state index contributed by atoms with van der Waals surface area (Å²) in [5, 5.41) is 0. The molecule has 0 aromatic carbocycles. The fourth-order valence-corrected chi connectivity index (χ4v) is 5.57. The van der Waals surface area contributed by atoms with Gasteiger partial charge in [0.2, 0.25) is 15.9 Å². The molecular weight excluding hydrogens is 366 g/mol. The van der Waals surface area contributed by atoms with Gasteiger partial charge in [-0.1, -0.05) is 32.1 Å². The first kappa shape index (κ1) is 21.0. The SMILES string of the molecule is CS(=O)(=O)N(CCN1CCOCC1)C1CN(C(=O)CCC2CCCCC2)C1. The van der Waals surface area contributed by atoms with Crippen LogP contribution in [-0.4, -0.2) is 93.2 Å². The number of carbonyl (C=O) groups is 1. The van der Waals surface area contributed by atoms with Gasteiger partial charge in [-0.25, -0.2) is 8.42 Å². The number of amides is 1. The highest BCUT2D eigenvalue weighted by molar-refractivity contribution is 7.88. The van der Waals surface area contributed by atoms with E-state index in [4.69, 9.17) is 4.74 Å². The van der Waals surface area contributed by atoms with Gasteiger partial charge in [-0.15, -0.1) is 0 Å². The predicted molar refractivity (Wildman–Crippen MR) is 105 cm³/mol.